The molecular weight excluding hydrogens is 358 g/mol. The van der Waals surface area contributed by atoms with Crippen LogP contribution in [0, 0.1) is 0 Å². The summed E-state index contributed by atoms with van der Waals surface area (Å²) in [6, 6.07) is 3.85. The van der Waals surface area contributed by atoms with E-state index in [0.29, 0.717) is 19.7 Å². The third kappa shape index (κ3) is 6.88. The number of halogens is 1. The Bertz CT molecular complexity index is 501. The van der Waals surface area contributed by atoms with Gasteiger partial charge in [0.15, 0.2) is 0 Å². The van der Waals surface area contributed by atoms with Crippen LogP contribution in [0.1, 0.15) is 11.3 Å². The molecule has 0 aliphatic rings. The Labute approximate surface area is 136 Å². The van der Waals surface area contributed by atoms with Gasteiger partial charge in [-0.25, -0.2) is 0 Å². The molecule has 0 N–H and O–H groups in total. The molecule has 1 aromatic heterocycles. The zero-order chi connectivity index (χ0) is 15.7. The SMILES string of the molecule is COCCN(CCC(=O)OC)C(=O)/C=C/c1ccc(Br)s1. The highest BCUT2D eigenvalue weighted by atomic mass is 79.9. The molecule has 116 valence electrons. The van der Waals surface area contributed by atoms with Gasteiger partial charge in [-0.3, -0.25) is 9.59 Å². The van der Waals surface area contributed by atoms with Crippen LogP contribution in [0.4, 0.5) is 0 Å². The lowest BCUT2D eigenvalue weighted by Crippen LogP contribution is -2.34. The lowest BCUT2D eigenvalue weighted by molar-refractivity contribution is -0.141. The minimum atomic E-state index is -0.337. The number of carbonyl (C=O) groups is 2. The van der Waals surface area contributed by atoms with Crippen molar-refractivity contribution in [2.45, 2.75) is 6.42 Å². The molecule has 5 nitrogen and oxygen atoms in total. The van der Waals surface area contributed by atoms with Crippen molar-refractivity contribution in [3.63, 3.8) is 0 Å². The van der Waals surface area contributed by atoms with E-state index < -0.39 is 0 Å². The van der Waals surface area contributed by atoms with Gasteiger partial charge in [-0.2, -0.15) is 0 Å². The van der Waals surface area contributed by atoms with Crippen molar-refractivity contribution in [3.8, 4) is 0 Å². The number of carbonyl (C=O) groups excluding carboxylic acids is 2. The molecule has 0 aromatic carbocycles. The van der Waals surface area contributed by atoms with Gasteiger partial charge in [-0.15, -0.1) is 11.3 Å². The topological polar surface area (TPSA) is 55.8 Å². The van der Waals surface area contributed by atoms with Crippen molar-refractivity contribution in [2.24, 2.45) is 0 Å². The smallest absolute Gasteiger partial charge is 0.307 e. The Balaban J connectivity index is 2.60. The third-order valence-corrected chi connectivity index (χ3v) is 4.26. The fourth-order valence-electron chi connectivity index (χ4n) is 1.54. The molecule has 0 fully saturated rings. The summed E-state index contributed by atoms with van der Waals surface area (Å²) in [7, 11) is 2.90. The quantitative estimate of drug-likeness (QED) is 0.517. The number of ether oxygens (including phenoxy) is 2. The Hall–Kier alpha value is -1.18. The van der Waals surface area contributed by atoms with Crippen LogP contribution in [-0.4, -0.2) is 50.7 Å². The fraction of sp³-hybridized carbons (Fsp3) is 0.429. The molecular formula is C14H18BrNO4S. The summed E-state index contributed by atoms with van der Waals surface area (Å²) >= 11 is 4.91. The Kier molecular flexibility index (Phi) is 8.26. The second-order valence-corrected chi connectivity index (χ2v) is 6.61. The first-order valence-electron chi connectivity index (χ1n) is 6.35. The predicted octanol–water partition coefficient (Wildman–Crippen LogP) is 2.56. The number of methoxy groups -OCH3 is 2. The third-order valence-electron chi connectivity index (χ3n) is 2.67. The predicted molar refractivity (Wildman–Crippen MR) is 86.1 cm³/mol. The average Bonchev–Trinajstić information content (AvgIpc) is 2.90. The van der Waals surface area contributed by atoms with Crippen molar-refractivity contribution in [3.05, 3.63) is 26.9 Å². The molecule has 0 bridgehead atoms. The first-order chi connectivity index (χ1) is 10.1. The largest absolute Gasteiger partial charge is 0.469 e. The van der Waals surface area contributed by atoms with E-state index in [0.717, 1.165) is 8.66 Å². The van der Waals surface area contributed by atoms with E-state index in [1.807, 2.05) is 12.1 Å². The lowest BCUT2D eigenvalue weighted by Gasteiger charge is -2.20. The molecule has 0 aliphatic heterocycles. The average molecular weight is 376 g/mol. The second kappa shape index (κ2) is 9.70. The first kappa shape index (κ1) is 17.9. The van der Waals surface area contributed by atoms with Crippen molar-refractivity contribution < 1.29 is 19.1 Å². The van der Waals surface area contributed by atoms with Crippen LogP contribution in [0.5, 0.6) is 0 Å². The molecule has 0 saturated heterocycles. The standard InChI is InChI=1S/C14H18BrNO4S/c1-19-10-9-16(8-7-14(18)20-2)13(17)6-4-11-3-5-12(15)21-11/h3-6H,7-10H2,1-2H3/b6-4+. The summed E-state index contributed by atoms with van der Waals surface area (Å²) in [5, 5.41) is 0. The highest BCUT2D eigenvalue weighted by molar-refractivity contribution is 9.11. The van der Waals surface area contributed by atoms with Gasteiger partial charge in [0.2, 0.25) is 5.91 Å². The summed E-state index contributed by atoms with van der Waals surface area (Å²) < 4.78 is 10.6. The van der Waals surface area contributed by atoms with E-state index in [-0.39, 0.29) is 18.3 Å². The number of esters is 1. The minimum absolute atomic E-state index is 0.152. The fourth-order valence-corrected chi connectivity index (χ4v) is 2.86. The summed E-state index contributed by atoms with van der Waals surface area (Å²) in [6.07, 6.45) is 3.44. The van der Waals surface area contributed by atoms with E-state index in [2.05, 4.69) is 20.7 Å². The van der Waals surface area contributed by atoms with Gasteiger partial charge in [-0.05, 0) is 34.1 Å². The number of nitrogens with zero attached hydrogens (tertiary/aromatic N) is 1. The van der Waals surface area contributed by atoms with Crippen molar-refractivity contribution in [1.29, 1.82) is 0 Å². The maximum atomic E-state index is 12.2. The summed E-state index contributed by atoms with van der Waals surface area (Å²) in [6.45, 7) is 1.17. The molecule has 1 rings (SSSR count). The first-order valence-corrected chi connectivity index (χ1v) is 7.96. The minimum Gasteiger partial charge on any atom is -0.469 e. The van der Waals surface area contributed by atoms with E-state index in [9.17, 15) is 9.59 Å². The molecule has 1 amide bonds. The highest BCUT2D eigenvalue weighted by Gasteiger charge is 2.12. The Morgan fingerprint density at radius 3 is 2.67 bits per heavy atom. The van der Waals surface area contributed by atoms with Gasteiger partial charge < -0.3 is 14.4 Å². The van der Waals surface area contributed by atoms with Crippen LogP contribution in [-0.2, 0) is 19.1 Å². The molecule has 0 spiro atoms. The van der Waals surface area contributed by atoms with E-state index in [1.165, 1.54) is 13.2 Å². The van der Waals surface area contributed by atoms with E-state index >= 15 is 0 Å². The Morgan fingerprint density at radius 1 is 1.33 bits per heavy atom. The van der Waals surface area contributed by atoms with Crippen molar-refractivity contribution in [1.82, 2.24) is 4.90 Å². The number of thiophene rings is 1. The van der Waals surface area contributed by atoms with Crippen LogP contribution in [0.2, 0.25) is 0 Å². The monoisotopic (exact) mass is 375 g/mol. The summed E-state index contributed by atoms with van der Waals surface area (Å²) in [5.41, 5.74) is 0. The summed E-state index contributed by atoms with van der Waals surface area (Å²) in [5.74, 6) is -0.489. The lowest BCUT2D eigenvalue weighted by atomic mass is 10.3. The number of hydrogen-bond donors (Lipinski definition) is 0. The van der Waals surface area contributed by atoms with Crippen molar-refractivity contribution in [2.75, 3.05) is 33.9 Å². The number of rotatable bonds is 8. The van der Waals surface area contributed by atoms with Crippen molar-refractivity contribution >= 4 is 45.2 Å². The van der Waals surface area contributed by atoms with E-state index in [4.69, 9.17) is 4.74 Å². The van der Waals surface area contributed by atoms with Gasteiger partial charge in [0.1, 0.15) is 0 Å². The van der Waals surface area contributed by atoms with Crippen LogP contribution < -0.4 is 0 Å². The van der Waals surface area contributed by atoms with E-state index in [1.54, 1.807) is 29.4 Å². The Morgan fingerprint density at radius 2 is 2.10 bits per heavy atom. The van der Waals surface area contributed by atoms with Crippen LogP contribution >= 0.6 is 27.3 Å². The van der Waals surface area contributed by atoms with Gasteiger partial charge in [0.25, 0.3) is 0 Å². The molecule has 21 heavy (non-hydrogen) atoms. The summed E-state index contributed by atoms with van der Waals surface area (Å²) in [4.78, 5) is 25.9. The zero-order valence-electron chi connectivity index (χ0n) is 12.0. The molecule has 7 heteroatoms. The number of hydrogen-bond acceptors (Lipinski definition) is 5. The van der Waals surface area contributed by atoms with Gasteiger partial charge in [0, 0.05) is 31.2 Å². The molecule has 0 atom stereocenters. The maximum absolute atomic E-state index is 12.2. The number of amides is 1. The van der Waals surface area contributed by atoms with Gasteiger partial charge in [-0.1, -0.05) is 0 Å². The zero-order valence-corrected chi connectivity index (χ0v) is 14.4. The normalized spacial score (nSPS) is 10.8. The molecule has 0 saturated carbocycles. The molecule has 1 heterocycles. The molecule has 0 unspecified atom stereocenters. The molecule has 1 aromatic rings. The van der Waals surface area contributed by atoms with Crippen LogP contribution in [0.15, 0.2) is 22.0 Å². The second-order valence-electron chi connectivity index (χ2n) is 4.12. The molecule has 0 aliphatic carbocycles. The highest BCUT2D eigenvalue weighted by Crippen LogP contribution is 2.23. The van der Waals surface area contributed by atoms with Crippen LogP contribution in [0.3, 0.4) is 0 Å². The maximum Gasteiger partial charge on any atom is 0.307 e. The van der Waals surface area contributed by atoms with Gasteiger partial charge >= 0.3 is 5.97 Å². The van der Waals surface area contributed by atoms with Gasteiger partial charge in [0.05, 0.1) is 23.9 Å². The molecule has 0 radical (unpaired) electrons. The van der Waals surface area contributed by atoms with Crippen LogP contribution in [0.25, 0.3) is 6.08 Å².